The summed E-state index contributed by atoms with van der Waals surface area (Å²) >= 11 is 0. The molecule has 1 N–H and O–H groups in total. The lowest BCUT2D eigenvalue weighted by Gasteiger charge is -2.23. The van der Waals surface area contributed by atoms with Crippen molar-refractivity contribution in [2.75, 3.05) is 26.2 Å². The van der Waals surface area contributed by atoms with Crippen LogP contribution in [0.5, 0.6) is 0 Å². The zero-order valence-corrected chi connectivity index (χ0v) is 15.3. The lowest BCUT2D eigenvalue weighted by Crippen LogP contribution is -2.32. The van der Waals surface area contributed by atoms with E-state index in [-0.39, 0.29) is 11.6 Å². The second-order valence-corrected chi connectivity index (χ2v) is 6.19. The number of allylic oxidation sites excluding steroid dienone is 3. The number of fused-ring (bicyclic) bond motifs is 1. The Kier molecular flexibility index (Phi) is 7.14. The number of rotatable bonds is 10. The van der Waals surface area contributed by atoms with Crippen molar-refractivity contribution >= 4 is 11.6 Å². The van der Waals surface area contributed by atoms with Gasteiger partial charge >= 0.3 is 0 Å². The molecule has 4 nitrogen and oxygen atoms in total. The summed E-state index contributed by atoms with van der Waals surface area (Å²) in [7, 11) is 0. The molecule has 1 aromatic rings. The van der Waals surface area contributed by atoms with Gasteiger partial charge in [0.25, 0.3) is 0 Å². The average Bonchev–Trinajstić information content (AvgIpc) is 2.65. The number of Topliss-reactive ketones (excluding diaryl/α,β-unsaturated/α-hetero) is 2. The summed E-state index contributed by atoms with van der Waals surface area (Å²) < 4.78 is 0. The van der Waals surface area contributed by atoms with E-state index in [1.807, 2.05) is 0 Å². The summed E-state index contributed by atoms with van der Waals surface area (Å²) in [6.07, 6.45) is 3.94. The summed E-state index contributed by atoms with van der Waals surface area (Å²) in [5.41, 5.74) is 2.08. The van der Waals surface area contributed by atoms with Crippen LogP contribution in [0.4, 0.5) is 0 Å². The molecule has 2 rings (SSSR count). The van der Waals surface area contributed by atoms with Crippen LogP contribution in [0.15, 0.2) is 48.2 Å². The first-order valence-corrected chi connectivity index (χ1v) is 9.12. The van der Waals surface area contributed by atoms with E-state index >= 15 is 0 Å². The Labute approximate surface area is 150 Å². The Morgan fingerprint density at radius 2 is 1.72 bits per heavy atom. The maximum Gasteiger partial charge on any atom is 0.210 e. The number of ketones is 2. The quantitative estimate of drug-likeness (QED) is 0.522. The number of hydrogen-bond acceptors (Lipinski definition) is 4. The highest BCUT2D eigenvalue weighted by Crippen LogP contribution is 2.27. The third kappa shape index (κ3) is 4.45. The van der Waals surface area contributed by atoms with Crippen molar-refractivity contribution in [3.05, 3.63) is 59.3 Å². The molecule has 0 amide bonds. The molecule has 0 spiro atoms. The molecule has 0 heterocycles. The normalized spacial score (nSPS) is 14.0. The predicted molar refractivity (Wildman–Crippen MR) is 102 cm³/mol. The molecule has 1 aliphatic carbocycles. The Hall–Kier alpha value is -2.20. The molecule has 0 atom stereocenters. The fourth-order valence-corrected chi connectivity index (χ4v) is 3.15. The average molecular weight is 340 g/mol. The number of nitrogens with zero attached hydrogens (tertiary/aromatic N) is 1. The molecule has 0 radical (unpaired) electrons. The van der Waals surface area contributed by atoms with Crippen LogP contribution in [-0.2, 0) is 0 Å². The van der Waals surface area contributed by atoms with E-state index in [2.05, 4.69) is 30.6 Å². The van der Waals surface area contributed by atoms with Gasteiger partial charge in [-0.05, 0) is 38.9 Å². The maximum atomic E-state index is 12.9. The van der Waals surface area contributed by atoms with Crippen molar-refractivity contribution in [2.45, 2.75) is 33.1 Å². The third-order valence-electron chi connectivity index (χ3n) is 4.67. The highest BCUT2D eigenvalue weighted by molar-refractivity contribution is 6.26. The monoisotopic (exact) mass is 340 g/mol. The molecule has 0 bridgehead atoms. The second kappa shape index (κ2) is 9.33. The number of benzene rings is 1. The Morgan fingerprint density at radius 1 is 1.08 bits per heavy atom. The van der Waals surface area contributed by atoms with Gasteiger partial charge in [-0.15, -0.1) is 6.58 Å². The summed E-state index contributed by atoms with van der Waals surface area (Å²) in [4.78, 5) is 28.0. The molecule has 134 valence electrons. The SMILES string of the molecule is C=CCCC1=C(NCCCN(CC)CC)C(=O)c2ccccc2C1=O. The lowest BCUT2D eigenvalue weighted by molar-refractivity contribution is 0.0965. The minimum absolute atomic E-state index is 0.0386. The van der Waals surface area contributed by atoms with Gasteiger partial charge in [-0.25, -0.2) is 0 Å². The van der Waals surface area contributed by atoms with Gasteiger partial charge < -0.3 is 10.2 Å². The number of hydrogen-bond donors (Lipinski definition) is 1. The number of carbonyl (C=O) groups excluding carboxylic acids is 2. The minimum Gasteiger partial charge on any atom is -0.381 e. The van der Waals surface area contributed by atoms with Gasteiger partial charge in [0.1, 0.15) is 0 Å². The van der Waals surface area contributed by atoms with Crippen molar-refractivity contribution in [3.63, 3.8) is 0 Å². The first kappa shape index (κ1) is 19.1. The minimum atomic E-state index is -0.0721. The smallest absolute Gasteiger partial charge is 0.210 e. The van der Waals surface area contributed by atoms with Crippen molar-refractivity contribution in [3.8, 4) is 0 Å². The van der Waals surface area contributed by atoms with Gasteiger partial charge in [0, 0.05) is 23.2 Å². The van der Waals surface area contributed by atoms with Crippen molar-refractivity contribution in [1.82, 2.24) is 10.2 Å². The molecular formula is C21H28N2O2. The van der Waals surface area contributed by atoms with Crippen LogP contribution in [0.2, 0.25) is 0 Å². The summed E-state index contributed by atoms with van der Waals surface area (Å²) in [5.74, 6) is -0.111. The topological polar surface area (TPSA) is 49.4 Å². The van der Waals surface area contributed by atoms with E-state index < -0.39 is 0 Å². The molecule has 4 heteroatoms. The first-order valence-electron chi connectivity index (χ1n) is 9.12. The number of carbonyl (C=O) groups is 2. The highest BCUT2D eigenvalue weighted by Gasteiger charge is 2.31. The molecule has 0 saturated heterocycles. The molecule has 0 fully saturated rings. The fourth-order valence-electron chi connectivity index (χ4n) is 3.15. The van der Waals surface area contributed by atoms with Crippen molar-refractivity contribution in [2.24, 2.45) is 0 Å². The molecule has 0 saturated carbocycles. The van der Waals surface area contributed by atoms with Gasteiger partial charge in [0.15, 0.2) is 5.78 Å². The van der Waals surface area contributed by atoms with Crippen LogP contribution in [0.25, 0.3) is 0 Å². The van der Waals surface area contributed by atoms with E-state index in [1.165, 1.54) is 0 Å². The van der Waals surface area contributed by atoms with E-state index in [0.717, 1.165) is 26.1 Å². The van der Waals surface area contributed by atoms with Crippen LogP contribution in [0.3, 0.4) is 0 Å². The van der Waals surface area contributed by atoms with Gasteiger partial charge in [0.2, 0.25) is 5.78 Å². The van der Waals surface area contributed by atoms with E-state index in [1.54, 1.807) is 30.3 Å². The fraction of sp³-hybridized carbons (Fsp3) is 0.429. The Morgan fingerprint density at radius 3 is 2.32 bits per heavy atom. The first-order chi connectivity index (χ1) is 12.1. The van der Waals surface area contributed by atoms with Crippen LogP contribution >= 0.6 is 0 Å². The van der Waals surface area contributed by atoms with Crippen LogP contribution in [0.1, 0.15) is 53.8 Å². The molecule has 25 heavy (non-hydrogen) atoms. The predicted octanol–water partition coefficient (Wildman–Crippen LogP) is 3.61. The van der Waals surface area contributed by atoms with Crippen LogP contribution < -0.4 is 5.32 Å². The Bertz CT molecular complexity index is 672. The molecular weight excluding hydrogens is 312 g/mol. The van der Waals surface area contributed by atoms with E-state index in [9.17, 15) is 9.59 Å². The zero-order valence-electron chi connectivity index (χ0n) is 15.3. The van der Waals surface area contributed by atoms with Crippen LogP contribution in [0, 0.1) is 0 Å². The lowest BCUT2D eigenvalue weighted by atomic mass is 9.85. The van der Waals surface area contributed by atoms with E-state index in [4.69, 9.17) is 0 Å². The van der Waals surface area contributed by atoms with Crippen molar-refractivity contribution < 1.29 is 9.59 Å². The summed E-state index contributed by atoms with van der Waals surface area (Å²) in [6, 6.07) is 7.08. The maximum absolute atomic E-state index is 12.9. The number of nitrogens with one attached hydrogen (secondary N) is 1. The molecule has 0 aliphatic heterocycles. The highest BCUT2D eigenvalue weighted by atomic mass is 16.1. The van der Waals surface area contributed by atoms with Crippen LogP contribution in [-0.4, -0.2) is 42.6 Å². The molecule has 0 aromatic heterocycles. The summed E-state index contributed by atoms with van der Waals surface area (Å²) in [5, 5.41) is 3.25. The third-order valence-corrected chi connectivity index (χ3v) is 4.67. The zero-order chi connectivity index (χ0) is 18.2. The summed E-state index contributed by atoms with van der Waals surface area (Å²) in [6.45, 7) is 11.7. The van der Waals surface area contributed by atoms with Crippen molar-refractivity contribution in [1.29, 1.82) is 0 Å². The largest absolute Gasteiger partial charge is 0.381 e. The van der Waals surface area contributed by atoms with Gasteiger partial charge in [-0.3, -0.25) is 9.59 Å². The molecule has 1 aliphatic rings. The van der Waals surface area contributed by atoms with Gasteiger partial charge in [-0.2, -0.15) is 0 Å². The standard InChI is InChI=1S/C21H28N2O2/c1-4-7-11-18-19(22-14-10-15-23(5-2)6-3)21(25)17-13-9-8-12-16(17)20(18)24/h4,8-9,12-13,22H,1,5-7,10-11,14-15H2,2-3H3. The van der Waals surface area contributed by atoms with Gasteiger partial charge in [0.05, 0.1) is 5.70 Å². The van der Waals surface area contributed by atoms with Gasteiger partial charge in [-0.1, -0.05) is 44.2 Å². The van der Waals surface area contributed by atoms with E-state index in [0.29, 0.717) is 41.8 Å². The second-order valence-electron chi connectivity index (χ2n) is 6.19. The Balaban J connectivity index is 2.16. The molecule has 1 aromatic carbocycles. The molecule has 0 unspecified atom stereocenters.